The summed E-state index contributed by atoms with van der Waals surface area (Å²) in [6.07, 6.45) is 2.61. The summed E-state index contributed by atoms with van der Waals surface area (Å²) in [5, 5.41) is 0. The fourth-order valence-electron chi connectivity index (χ4n) is 1.07. The smallest absolute Gasteiger partial charge is 0.235 e. The van der Waals surface area contributed by atoms with Crippen molar-refractivity contribution in [3.05, 3.63) is 30.3 Å². The maximum absolute atomic E-state index is 11.6. The molecule has 3 heteroatoms. The van der Waals surface area contributed by atoms with Gasteiger partial charge in [0.25, 0.3) is 0 Å². The molecule has 0 unspecified atom stereocenters. The highest BCUT2D eigenvalue weighted by atomic mass is 127. The molecular weight excluding hydrogens is 289 g/mol. The Hall–Kier alpha value is -0.580. The quantitative estimate of drug-likeness (QED) is 0.617. The summed E-state index contributed by atoms with van der Waals surface area (Å²) in [6, 6.07) is 10.5. The third kappa shape index (κ3) is 3.29. The number of anilines is 1. The fraction of sp³-hybridized carbons (Fsp3) is 0.364. The standard InChI is InChI=1S/C11H13INO/c1-2-3-9-11(14)13(12)10-7-5-4-6-8-10/h4-7H,2-3,9H2,1H3. The lowest BCUT2D eigenvalue weighted by molar-refractivity contribution is -0.117. The van der Waals surface area contributed by atoms with Crippen molar-refractivity contribution in [3.63, 3.8) is 0 Å². The number of halogens is 1. The van der Waals surface area contributed by atoms with Gasteiger partial charge in [-0.05, 0) is 12.5 Å². The van der Waals surface area contributed by atoms with Crippen LogP contribution in [0.1, 0.15) is 26.2 Å². The SMILES string of the molecule is CCCCC(=O)N(I)c1[c]cccc1. The zero-order valence-electron chi connectivity index (χ0n) is 8.16. The number of rotatable bonds is 4. The first-order chi connectivity index (χ1) is 6.75. The van der Waals surface area contributed by atoms with Crippen LogP contribution >= 0.6 is 22.9 Å². The summed E-state index contributed by atoms with van der Waals surface area (Å²) < 4.78 is 1.63. The molecule has 1 aromatic carbocycles. The second-order valence-electron chi connectivity index (χ2n) is 3.03. The number of amides is 1. The van der Waals surface area contributed by atoms with Crippen LogP contribution in [0.4, 0.5) is 5.69 Å². The molecule has 75 valence electrons. The van der Waals surface area contributed by atoms with Crippen molar-refractivity contribution in [2.24, 2.45) is 0 Å². The molecule has 0 aliphatic heterocycles. The van der Waals surface area contributed by atoms with Crippen molar-refractivity contribution in [3.8, 4) is 0 Å². The summed E-state index contributed by atoms with van der Waals surface area (Å²) in [4.78, 5) is 11.6. The zero-order chi connectivity index (χ0) is 10.4. The molecule has 0 heterocycles. The van der Waals surface area contributed by atoms with Gasteiger partial charge in [0.15, 0.2) is 0 Å². The number of nitrogens with zero attached hydrogens (tertiary/aromatic N) is 1. The maximum Gasteiger partial charge on any atom is 0.235 e. The molecule has 1 amide bonds. The van der Waals surface area contributed by atoms with Crippen LogP contribution in [0.25, 0.3) is 0 Å². The van der Waals surface area contributed by atoms with Crippen LogP contribution in [0.3, 0.4) is 0 Å². The van der Waals surface area contributed by atoms with Gasteiger partial charge < -0.3 is 0 Å². The molecule has 0 saturated carbocycles. The molecule has 0 N–H and O–H groups in total. The summed E-state index contributed by atoms with van der Waals surface area (Å²) in [5.74, 6) is 0.148. The topological polar surface area (TPSA) is 20.3 Å². The van der Waals surface area contributed by atoms with E-state index in [1.807, 2.05) is 47.1 Å². The molecule has 0 aliphatic carbocycles. The van der Waals surface area contributed by atoms with Crippen LogP contribution in [0, 0.1) is 6.07 Å². The Bertz CT molecular complexity index is 287. The highest BCUT2D eigenvalue weighted by molar-refractivity contribution is 14.1. The van der Waals surface area contributed by atoms with Crippen molar-refractivity contribution < 1.29 is 4.79 Å². The van der Waals surface area contributed by atoms with Gasteiger partial charge in [-0.2, -0.15) is 0 Å². The number of unbranched alkanes of at least 4 members (excludes halogenated alkanes) is 1. The largest absolute Gasteiger partial charge is 0.274 e. The lowest BCUT2D eigenvalue weighted by atomic mass is 10.2. The molecule has 1 rings (SSSR count). The molecule has 0 aliphatic rings. The Balaban J connectivity index is 2.57. The van der Waals surface area contributed by atoms with Gasteiger partial charge in [0, 0.05) is 12.5 Å². The minimum absolute atomic E-state index is 0.148. The predicted octanol–water partition coefficient (Wildman–Crippen LogP) is 3.36. The van der Waals surface area contributed by atoms with Crippen LogP contribution in [-0.4, -0.2) is 5.91 Å². The summed E-state index contributed by atoms with van der Waals surface area (Å²) in [6.45, 7) is 2.08. The van der Waals surface area contributed by atoms with E-state index in [2.05, 4.69) is 13.0 Å². The third-order valence-corrected chi connectivity index (χ3v) is 2.93. The van der Waals surface area contributed by atoms with Gasteiger partial charge >= 0.3 is 0 Å². The molecule has 0 atom stereocenters. The number of para-hydroxylation sites is 1. The molecule has 0 fully saturated rings. The molecule has 14 heavy (non-hydrogen) atoms. The Morgan fingerprint density at radius 1 is 1.57 bits per heavy atom. The minimum atomic E-state index is 0.148. The molecule has 0 spiro atoms. The van der Waals surface area contributed by atoms with E-state index in [1.165, 1.54) is 0 Å². The van der Waals surface area contributed by atoms with Crippen molar-refractivity contribution in [1.29, 1.82) is 0 Å². The van der Waals surface area contributed by atoms with Gasteiger partial charge in [0.05, 0.1) is 28.6 Å². The van der Waals surface area contributed by atoms with Gasteiger partial charge in [-0.25, -0.2) is 0 Å². The molecule has 1 radical (unpaired) electrons. The Labute approximate surface area is 98.8 Å². The number of hydrogen-bond donors (Lipinski definition) is 0. The van der Waals surface area contributed by atoms with E-state index in [-0.39, 0.29) is 5.91 Å². The van der Waals surface area contributed by atoms with Gasteiger partial charge in [0.2, 0.25) is 5.91 Å². The van der Waals surface area contributed by atoms with Crippen molar-refractivity contribution in [2.75, 3.05) is 3.11 Å². The Kier molecular flexibility index (Phi) is 4.93. The average molecular weight is 302 g/mol. The van der Waals surface area contributed by atoms with Gasteiger partial charge in [0.1, 0.15) is 0 Å². The molecule has 0 aromatic heterocycles. The van der Waals surface area contributed by atoms with E-state index in [4.69, 9.17) is 0 Å². The van der Waals surface area contributed by atoms with Crippen LogP contribution in [0.2, 0.25) is 0 Å². The second-order valence-corrected chi connectivity index (χ2v) is 3.99. The summed E-state index contributed by atoms with van der Waals surface area (Å²) in [5.41, 5.74) is 0.828. The van der Waals surface area contributed by atoms with Crippen molar-refractivity contribution in [1.82, 2.24) is 0 Å². The highest BCUT2D eigenvalue weighted by Crippen LogP contribution is 2.18. The van der Waals surface area contributed by atoms with E-state index in [0.717, 1.165) is 18.5 Å². The van der Waals surface area contributed by atoms with Crippen LogP contribution < -0.4 is 3.11 Å². The van der Waals surface area contributed by atoms with E-state index >= 15 is 0 Å². The molecule has 1 aromatic rings. The van der Waals surface area contributed by atoms with Crippen LogP contribution in [0.5, 0.6) is 0 Å². The molecular formula is C11H13INO. The highest BCUT2D eigenvalue weighted by Gasteiger charge is 2.10. The van der Waals surface area contributed by atoms with Gasteiger partial charge in [-0.3, -0.25) is 7.91 Å². The minimum Gasteiger partial charge on any atom is -0.274 e. The lowest BCUT2D eigenvalue weighted by Gasteiger charge is -2.13. The monoisotopic (exact) mass is 302 g/mol. The van der Waals surface area contributed by atoms with Crippen LogP contribution in [-0.2, 0) is 4.79 Å². The van der Waals surface area contributed by atoms with Crippen molar-refractivity contribution in [2.45, 2.75) is 26.2 Å². The number of carbonyl (C=O) groups excluding carboxylic acids is 1. The summed E-state index contributed by atoms with van der Waals surface area (Å²) >= 11 is 2.03. The first-order valence-corrected chi connectivity index (χ1v) is 5.67. The molecule has 0 saturated heterocycles. The summed E-state index contributed by atoms with van der Waals surface area (Å²) in [7, 11) is 0. The number of benzene rings is 1. The maximum atomic E-state index is 11.6. The average Bonchev–Trinajstić information content (AvgIpc) is 2.26. The third-order valence-electron chi connectivity index (χ3n) is 1.87. The lowest BCUT2D eigenvalue weighted by Crippen LogP contribution is -2.19. The first kappa shape index (κ1) is 11.5. The number of carbonyl (C=O) groups is 1. The van der Waals surface area contributed by atoms with Crippen LogP contribution in [0.15, 0.2) is 24.3 Å². The second kappa shape index (κ2) is 6.01. The van der Waals surface area contributed by atoms with E-state index in [0.29, 0.717) is 6.42 Å². The van der Waals surface area contributed by atoms with E-state index in [1.54, 1.807) is 3.11 Å². The van der Waals surface area contributed by atoms with E-state index in [9.17, 15) is 4.79 Å². The van der Waals surface area contributed by atoms with E-state index < -0.39 is 0 Å². The predicted molar refractivity (Wildman–Crippen MR) is 66.3 cm³/mol. The normalized spacial score (nSPS) is 9.86. The van der Waals surface area contributed by atoms with Crippen molar-refractivity contribution >= 4 is 34.5 Å². The van der Waals surface area contributed by atoms with Gasteiger partial charge in [-0.15, -0.1) is 0 Å². The Morgan fingerprint density at radius 3 is 2.93 bits per heavy atom. The fourth-order valence-corrected chi connectivity index (χ4v) is 1.61. The molecule has 0 bridgehead atoms. The Morgan fingerprint density at radius 2 is 2.36 bits per heavy atom. The van der Waals surface area contributed by atoms with Gasteiger partial charge in [-0.1, -0.05) is 31.5 Å². The number of hydrogen-bond acceptors (Lipinski definition) is 1. The zero-order valence-corrected chi connectivity index (χ0v) is 10.3. The molecule has 2 nitrogen and oxygen atoms in total. The first-order valence-electron chi connectivity index (χ1n) is 4.71.